The maximum absolute atomic E-state index is 14.0. The Balaban J connectivity index is 1.58. The Morgan fingerprint density at radius 2 is 2.04 bits per heavy atom. The van der Waals surface area contributed by atoms with Gasteiger partial charge in [-0.25, -0.2) is 4.39 Å². The molecule has 0 aliphatic heterocycles. The van der Waals surface area contributed by atoms with E-state index in [0.717, 1.165) is 38.5 Å². The molecule has 0 N–H and O–H groups in total. The summed E-state index contributed by atoms with van der Waals surface area (Å²) in [7, 11) is 0. The van der Waals surface area contributed by atoms with Crippen LogP contribution in [0, 0.1) is 29.1 Å². The molecule has 4 aliphatic rings. The molecule has 0 aromatic rings. The molecule has 0 aromatic heterocycles. The lowest BCUT2D eigenvalue weighted by atomic mass is 9.52. The molecule has 0 bridgehead atoms. The number of hydrogen-bond acceptors (Lipinski definition) is 3. The maximum Gasteiger partial charge on any atom is 0.302 e. The lowest BCUT2D eigenvalue weighted by Crippen LogP contribution is -2.49. The van der Waals surface area contributed by atoms with Gasteiger partial charge >= 0.3 is 5.97 Å². The van der Waals surface area contributed by atoms with Crippen LogP contribution in [0.5, 0.6) is 0 Å². The van der Waals surface area contributed by atoms with Crippen LogP contribution in [-0.4, -0.2) is 24.0 Å². The highest BCUT2D eigenvalue weighted by Crippen LogP contribution is 2.62. The second kappa shape index (κ2) is 5.67. The fourth-order valence-corrected chi connectivity index (χ4v) is 6.49. The summed E-state index contributed by atoms with van der Waals surface area (Å²) in [4.78, 5) is 23.1. The summed E-state index contributed by atoms with van der Waals surface area (Å²) in [6, 6.07) is 0. The first-order valence-electron chi connectivity index (χ1n) is 9.45. The van der Waals surface area contributed by atoms with E-state index in [-0.39, 0.29) is 29.2 Å². The number of fused-ring (bicyclic) bond motifs is 5. The minimum Gasteiger partial charge on any atom is -0.462 e. The minimum atomic E-state index is -1.30. The monoisotopic (exact) mass is 334 g/mol. The first-order chi connectivity index (χ1) is 11.4. The van der Waals surface area contributed by atoms with E-state index in [0.29, 0.717) is 24.2 Å². The summed E-state index contributed by atoms with van der Waals surface area (Å²) < 4.78 is 19.7. The second-order valence-electron chi connectivity index (χ2n) is 8.62. The van der Waals surface area contributed by atoms with Crippen LogP contribution in [0.2, 0.25) is 0 Å². The lowest BCUT2D eigenvalue weighted by Gasteiger charge is -2.53. The molecule has 3 nitrogen and oxygen atoms in total. The van der Waals surface area contributed by atoms with Gasteiger partial charge in [0.05, 0.1) is 0 Å². The van der Waals surface area contributed by atoms with Crippen molar-refractivity contribution in [2.45, 2.75) is 71.1 Å². The SMILES string of the molecule is CC(=O)O[C@H]1CC[C@H]2[C@@H]3CCC4=CC(=O)[C@H](F)C[C@@H]4[C@H]3CC[C@]12C. The Hall–Kier alpha value is -1.19. The van der Waals surface area contributed by atoms with Gasteiger partial charge in [-0.3, -0.25) is 9.59 Å². The summed E-state index contributed by atoms with van der Waals surface area (Å²) in [6.45, 7) is 3.79. The number of ether oxygens (including phenoxy) is 1. The molecule has 4 heteroatoms. The molecule has 3 fully saturated rings. The summed E-state index contributed by atoms with van der Waals surface area (Å²) in [5, 5.41) is 0. The number of carbonyl (C=O) groups is 2. The average molecular weight is 334 g/mol. The van der Waals surface area contributed by atoms with Crippen molar-refractivity contribution in [3.05, 3.63) is 11.6 Å². The van der Waals surface area contributed by atoms with Crippen molar-refractivity contribution in [3.63, 3.8) is 0 Å². The first kappa shape index (κ1) is 16.3. The highest BCUT2D eigenvalue weighted by atomic mass is 19.1. The molecule has 24 heavy (non-hydrogen) atoms. The van der Waals surface area contributed by atoms with Crippen LogP contribution >= 0.6 is 0 Å². The molecule has 0 unspecified atom stereocenters. The predicted octanol–water partition coefficient (Wildman–Crippen LogP) is 4.01. The van der Waals surface area contributed by atoms with Crippen LogP contribution in [0.15, 0.2) is 11.6 Å². The molecule has 7 atom stereocenters. The number of allylic oxidation sites excluding steroid dienone is 1. The largest absolute Gasteiger partial charge is 0.462 e. The Labute approximate surface area is 143 Å². The molecular weight excluding hydrogens is 307 g/mol. The number of esters is 1. The van der Waals surface area contributed by atoms with Crippen molar-refractivity contribution >= 4 is 11.8 Å². The molecule has 4 aliphatic carbocycles. The Kier molecular flexibility index (Phi) is 3.85. The van der Waals surface area contributed by atoms with Crippen molar-refractivity contribution in [2.75, 3.05) is 0 Å². The van der Waals surface area contributed by atoms with E-state index in [1.165, 1.54) is 12.5 Å². The van der Waals surface area contributed by atoms with Gasteiger partial charge in [0.1, 0.15) is 6.10 Å². The van der Waals surface area contributed by atoms with Gasteiger partial charge in [0.25, 0.3) is 0 Å². The third kappa shape index (κ3) is 2.36. The third-order valence-corrected chi connectivity index (χ3v) is 7.57. The standard InChI is InChI=1S/C20H27FO3/c1-11(22)24-19-6-5-16-14-4-3-12-9-18(23)17(21)10-15(12)13(14)7-8-20(16,19)2/h9,13-17,19H,3-8,10H2,1-2H3/t13-,14+,15-,16-,17+,19-,20-/m0/s1. The van der Waals surface area contributed by atoms with E-state index >= 15 is 0 Å². The molecule has 0 amide bonds. The number of rotatable bonds is 1. The number of ketones is 1. The van der Waals surface area contributed by atoms with E-state index in [1.54, 1.807) is 6.08 Å². The third-order valence-electron chi connectivity index (χ3n) is 7.57. The molecule has 0 saturated heterocycles. The molecule has 0 spiro atoms. The fourth-order valence-electron chi connectivity index (χ4n) is 6.49. The van der Waals surface area contributed by atoms with E-state index in [4.69, 9.17) is 4.74 Å². The molecular formula is C20H27FO3. The van der Waals surface area contributed by atoms with Crippen LogP contribution < -0.4 is 0 Å². The van der Waals surface area contributed by atoms with Crippen LogP contribution in [0.25, 0.3) is 0 Å². The van der Waals surface area contributed by atoms with Gasteiger partial charge in [0.15, 0.2) is 12.0 Å². The van der Waals surface area contributed by atoms with Crippen LogP contribution in [0.3, 0.4) is 0 Å². The number of halogens is 1. The molecule has 132 valence electrons. The highest BCUT2D eigenvalue weighted by molar-refractivity contribution is 5.95. The van der Waals surface area contributed by atoms with Gasteiger partial charge in [-0.1, -0.05) is 12.5 Å². The zero-order valence-electron chi connectivity index (χ0n) is 14.6. The summed E-state index contributed by atoms with van der Waals surface area (Å²) in [6.07, 6.45) is 6.97. The predicted molar refractivity (Wildman–Crippen MR) is 87.9 cm³/mol. The van der Waals surface area contributed by atoms with Crippen molar-refractivity contribution in [1.29, 1.82) is 0 Å². The van der Waals surface area contributed by atoms with Crippen LogP contribution in [-0.2, 0) is 14.3 Å². The molecule has 0 heterocycles. The zero-order valence-corrected chi connectivity index (χ0v) is 14.6. The first-order valence-corrected chi connectivity index (χ1v) is 9.45. The molecule has 0 radical (unpaired) electrons. The Morgan fingerprint density at radius 1 is 1.25 bits per heavy atom. The van der Waals surface area contributed by atoms with Gasteiger partial charge < -0.3 is 4.74 Å². The van der Waals surface area contributed by atoms with Gasteiger partial charge in [0.2, 0.25) is 0 Å². The lowest BCUT2D eigenvalue weighted by molar-refractivity contribution is -0.156. The number of hydrogen-bond donors (Lipinski definition) is 0. The maximum atomic E-state index is 14.0. The van der Waals surface area contributed by atoms with Crippen molar-refractivity contribution in [3.8, 4) is 0 Å². The van der Waals surface area contributed by atoms with Crippen LogP contribution in [0.1, 0.15) is 58.8 Å². The summed E-state index contributed by atoms with van der Waals surface area (Å²) in [5.41, 5.74) is 1.28. The zero-order chi connectivity index (χ0) is 17.1. The fraction of sp³-hybridized carbons (Fsp3) is 0.800. The molecule has 4 rings (SSSR count). The molecule has 3 saturated carbocycles. The van der Waals surface area contributed by atoms with Gasteiger partial charge in [-0.05, 0) is 74.7 Å². The minimum absolute atomic E-state index is 0.0414. The summed E-state index contributed by atoms with van der Waals surface area (Å²) >= 11 is 0. The highest BCUT2D eigenvalue weighted by Gasteiger charge is 2.57. The van der Waals surface area contributed by atoms with Crippen LogP contribution in [0.4, 0.5) is 4.39 Å². The Bertz CT molecular complexity index is 598. The second-order valence-corrected chi connectivity index (χ2v) is 8.62. The topological polar surface area (TPSA) is 43.4 Å². The normalized spacial score (nSPS) is 47.3. The average Bonchev–Trinajstić information content (AvgIpc) is 2.85. The van der Waals surface area contributed by atoms with E-state index in [2.05, 4.69) is 6.92 Å². The van der Waals surface area contributed by atoms with Crippen molar-refractivity contribution < 1.29 is 18.7 Å². The van der Waals surface area contributed by atoms with Crippen molar-refractivity contribution in [1.82, 2.24) is 0 Å². The summed E-state index contributed by atoms with van der Waals surface area (Å²) in [5.74, 6) is 1.42. The van der Waals surface area contributed by atoms with E-state index in [9.17, 15) is 14.0 Å². The Morgan fingerprint density at radius 3 is 2.79 bits per heavy atom. The van der Waals surface area contributed by atoms with Gasteiger partial charge in [0, 0.05) is 12.3 Å². The van der Waals surface area contributed by atoms with Crippen molar-refractivity contribution in [2.24, 2.45) is 29.1 Å². The smallest absolute Gasteiger partial charge is 0.302 e. The van der Waals surface area contributed by atoms with Gasteiger partial charge in [-0.2, -0.15) is 0 Å². The molecule has 0 aromatic carbocycles. The number of alkyl halides is 1. The van der Waals surface area contributed by atoms with E-state index < -0.39 is 6.17 Å². The quantitative estimate of drug-likeness (QED) is 0.681. The van der Waals surface area contributed by atoms with E-state index in [1.807, 2.05) is 0 Å². The van der Waals surface area contributed by atoms with Gasteiger partial charge in [-0.15, -0.1) is 0 Å². The number of carbonyl (C=O) groups excluding carboxylic acids is 2.